The smallest absolute Gasteiger partial charge is 0.337 e. The van der Waals surface area contributed by atoms with Crippen LogP contribution in [-0.4, -0.2) is 88.6 Å². The fraction of sp³-hybridized carbons (Fsp3) is 0.412. The minimum atomic E-state index is -1.34. The summed E-state index contributed by atoms with van der Waals surface area (Å²) in [6, 6.07) is 16.6. The van der Waals surface area contributed by atoms with E-state index in [1.807, 2.05) is 54.6 Å². The SMILES string of the molecule is COC(=O)[C@@]1(Cc2cccc(-c3ncccn3)c2)COC(C2CCCN2C(=O)[C@@H](NC(=O)[C@H](C)N)C(C)OCc2ccccc2)=N1. The number of benzene rings is 2. The van der Waals surface area contributed by atoms with Crippen LogP contribution in [0.5, 0.6) is 0 Å². The summed E-state index contributed by atoms with van der Waals surface area (Å²) in [5.74, 6) is -0.490. The Morgan fingerprint density at radius 1 is 1.07 bits per heavy atom. The summed E-state index contributed by atoms with van der Waals surface area (Å²) in [7, 11) is 1.32. The summed E-state index contributed by atoms with van der Waals surface area (Å²) in [4.78, 5) is 55.2. The van der Waals surface area contributed by atoms with E-state index in [4.69, 9.17) is 24.9 Å². The highest BCUT2D eigenvalue weighted by molar-refractivity contribution is 5.96. The van der Waals surface area contributed by atoms with E-state index in [0.717, 1.165) is 16.7 Å². The molecule has 1 saturated heterocycles. The Balaban J connectivity index is 1.37. The summed E-state index contributed by atoms with van der Waals surface area (Å²) >= 11 is 0. The van der Waals surface area contributed by atoms with E-state index in [1.165, 1.54) is 7.11 Å². The molecule has 3 aromatic rings. The van der Waals surface area contributed by atoms with Gasteiger partial charge in [0.05, 0.1) is 25.9 Å². The number of nitrogens with two attached hydrogens (primary N) is 1. The number of hydrogen-bond acceptors (Lipinski definition) is 10. The van der Waals surface area contributed by atoms with Gasteiger partial charge in [-0.2, -0.15) is 0 Å². The monoisotopic (exact) mass is 628 g/mol. The predicted octanol–water partition coefficient (Wildman–Crippen LogP) is 2.45. The molecule has 0 saturated carbocycles. The van der Waals surface area contributed by atoms with Crippen molar-refractivity contribution in [3.63, 3.8) is 0 Å². The average Bonchev–Trinajstić information content (AvgIpc) is 3.74. The number of carbonyl (C=O) groups excluding carboxylic acids is 3. The number of likely N-dealkylation sites (tertiary alicyclic amines) is 1. The molecule has 0 bridgehead atoms. The van der Waals surface area contributed by atoms with E-state index in [2.05, 4.69) is 15.3 Å². The first-order valence-corrected chi connectivity index (χ1v) is 15.4. The van der Waals surface area contributed by atoms with Crippen molar-refractivity contribution in [1.29, 1.82) is 0 Å². The molecule has 3 N–H and O–H groups in total. The number of hydrogen-bond donors (Lipinski definition) is 2. The Labute approximate surface area is 268 Å². The summed E-state index contributed by atoms with van der Waals surface area (Å²) in [6.45, 7) is 3.95. The molecule has 12 nitrogen and oxygen atoms in total. The van der Waals surface area contributed by atoms with Gasteiger partial charge in [0, 0.05) is 30.9 Å². The van der Waals surface area contributed by atoms with E-state index < -0.39 is 41.6 Å². The van der Waals surface area contributed by atoms with Crippen LogP contribution < -0.4 is 11.1 Å². The second-order valence-corrected chi connectivity index (χ2v) is 11.7. The summed E-state index contributed by atoms with van der Waals surface area (Å²) in [5, 5.41) is 2.79. The molecule has 1 aromatic heterocycles. The second kappa shape index (κ2) is 14.6. The van der Waals surface area contributed by atoms with E-state index in [0.29, 0.717) is 25.2 Å². The van der Waals surface area contributed by atoms with Gasteiger partial charge in [-0.3, -0.25) is 9.59 Å². The molecule has 0 aliphatic carbocycles. The largest absolute Gasteiger partial charge is 0.476 e. The third-order valence-electron chi connectivity index (χ3n) is 8.22. The lowest BCUT2D eigenvalue weighted by Gasteiger charge is -2.32. The molecule has 5 rings (SSSR count). The predicted molar refractivity (Wildman–Crippen MR) is 170 cm³/mol. The van der Waals surface area contributed by atoms with Crippen LogP contribution in [0.15, 0.2) is 78.0 Å². The number of aromatic nitrogens is 2. The molecule has 2 aromatic carbocycles. The lowest BCUT2D eigenvalue weighted by Crippen LogP contribution is -2.58. The average molecular weight is 629 g/mol. The number of carbonyl (C=O) groups is 3. The van der Waals surface area contributed by atoms with Gasteiger partial charge in [0.1, 0.15) is 18.7 Å². The van der Waals surface area contributed by atoms with Crippen molar-refractivity contribution >= 4 is 23.7 Å². The lowest BCUT2D eigenvalue weighted by molar-refractivity contribution is -0.147. The third-order valence-corrected chi connectivity index (χ3v) is 8.22. The molecule has 2 amide bonds. The van der Waals surface area contributed by atoms with Crippen LogP contribution >= 0.6 is 0 Å². The zero-order valence-corrected chi connectivity index (χ0v) is 26.3. The van der Waals surface area contributed by atoms with Crippen LogP contribution in [-0.2, 0) is 41.6 Å². The van der Waals surface area contributed by atoms with Gasteiger partial charge >= 0.3 is 5.97 Å². The fourth-order valence-electron chi connectivity index (χ4n) is 5.73. The molecule has 2 aliphatic heterocycles. The first-order valence-electron chi connectivity index (χ1n) is 15.4. The Hall–Kier alpha value is -4.68. The normalized spacial score (nSPS) is 21.1. The fourth-order valence-corrected chi connectivity index (χ4v) is 5.73. The quantitative estimate of drug-likeness (QED) is 0.288. The maximum atomic E-state index is 14.1. The van der Waals surface area contributed by atoms with Crippen molar-refractivity contribution in [2.75, 3.05) is 20.3 Å². The molecule has 5 atom stereocenters. The van der Waals surface area contributed by atoms with E-state index in [1.54, 1.807) is 37.2 Å². The number of ether oxygens (including phenoxy) is 3. The molecule has 2 aliphatic rings. The first-order chi connectivity index (χ1) is 22.2. The lowest BCUT2D eigenvalue weighted by atomic mass is 9.91. The van der Waals surface area contributed by atoms with Gasteiger partial charge in [0.2, 0.25) is 17.7 Å². The summed E-state index contributed by atoms with van der Waals surface area (Å²) in [5.41, 5.74) is 7.06. The van der Waals surface area contributed by atoms with Crippen molar-refractivity contribution in [3.05, 3.63) is 84.2 Å². The Kier molecular flexibility index (Phi) is 10.4. The highest BCUT2D eigenvalue weighted by atomic mass is 16.5. The molecule has 1 fully saturated rings. The first kappa shape index (κ1) is 32.7. The van der Waals surface area contributed by atoms with Crippen LogP contribution in [0.25, 0.3) is 11.4 Å². The standard InChI is InChI=1S/C34H40N6O6/c1-22(35)30(41)38-28(23(2)45-20-24-10-5-4-6-11-24)32(42)40-17-8-14-27(40)31-39-34(21-46-31,33(43)44-3)19-25-12-7-13-26(18-25)29-36-15-9-16-37-29/h4-7,9-13,15-16,18,22-23,27-28H,8,14,17,19-21,35H2,1-3H3,(H,38,41)/t22-,23?,27?,28-,34+/m0/s1. The molecular formula is C34H40N6O6. The summed E-state index contributed by atoms with van der Waals surface area (Å²) in [6.07, 6.45) is 4.15. The zero-order valence-electron chi connectivity index (χ0n) is 26.3. The topological polar surface area (TPSA) is 158 Å². The van der Waals surface area contributed by atoms with Gasteiger partial charge in [0.15, 0.2) is 11.4 Å². The number of amides is 2. The van der Waals surface area contributed by atoms with Crippen molar-refractivity contribution in [3.8, 4) is 11.4 Å². The number of esters is 1. The second-order valence-electron chi connectivity index (χ2n) is 11.7. The van der Waals surface area contributed by atoms with Crippen LogP contribution in [0.4, 0.5) is 0 Å². The van der Waals surface area contributed by atoms with Crippen LogP contribution in [0, 0.1) is 0 Å². The Morgan fingerprint density at radius 3 is 2.52 bits per heavy atom. The van der Waals surface area contributed by atoms with Crippen molar-refractivity contribution < 1.29 is 28.6 Å². The van der Waals surface area contributed by atoms with Crippen LogP contribution in [0.3, 0.4) is 0 Å². The van der Waals surface area contributed by atoms with E-state index >= 15 is 0 Å². The number of aliphatic imine (C=N–C) groups is 1. The molecule has 3 heterocycles. The third kappa shape index (κ3) is 7.40. The van der Waals surface area contributed by atoms with Crippen molar-refractivity contribution in [1.82, 2.24) is 20.2 Å². The minimum absolute atomic E-state index is 0.0406. The minimum Gasteiger partial charge on any atom is -0.476 e. The Morgan fingerprint density at radius 2 is 1.80 bits per heavy atom. The molecular weight excluding hydrogens is 588 g/mol. The molecule has 0 radical (unpaired) electrons. The Bertz CT molecular complexity index is 1550. The molecule has 2 unspecified atom stereocenters. The van der Waals surface area contributed by atoms with Gasteiger partial charge in [0.25, 0.3) is 0 Å². The van der Waals surface area contributed by atoms with Gasteiger partial charge in [-0.1, -0.05) is 48.5 Å². The van der Waals surface area contributed by atoms with Gasteiger partial charge in [-0.15, -0.1) is 0 Å². The zero-order chi connectivity index (χ0) is 32.7. The molecule has 0 spiro atoms. The van der Waals surface area contributed by atoms with Crippen LogP contribution in [0.1, 0.15) is 37.8 Å². The van der Waals surface area contributed by atoms with Gasteiger partial charge in [-0.25, -0.2) is 19.8 Å². The molecule has 46 heavy (non-hydrogen) atoms. The highest BCUT2D eigenvalue weighted by Crippen LogP contribution is 2.32. The van der Waals surface area contributed by atoms with Crippen LogP contribution in [0.2, 0.25) is 0 Å². The summed E-state index contributed by atoms with van der Waals surface area (Å²) < 4.78 is 17.4. The number of rotatable bonds is 12. The van der Waals surface area contributed by atoms with E-state index in [9.17, 15) is 14.4 Å². The molecule has 242 valence electrons. The number of nitrogens with zero attached hydrogens (tertiary/aromatic N) is 4. The van der Waals surface area contributed by atoms with E-state index in [-0.39, 0.29) is 31.4 Å². The number of methoxy groups -OCH3 is 1. The maximum Gasteiger partial charge on any atom is 0.337 e. The number of nitrogens with one attached hydrogen (secondary N) is 1. The molecule has 12 heteroatoms. The highest BCUT2D eigenvalue weighted by Gasteiger charge is 2.49. The van der Waals surface area contributed by atoms with Gasteiger partial charge in [-0.05, 0) is 49.9 Å². The van der Waals surface area contributed by atoms with Gasteiger partial charge < -0.3 is 30.2 Å². The van der Waals surface area contributed by atoms with Crippen molar-refractivity contribution in [2.24, 2.45) is 10.7 Å². The van der Waals surface area contributed by atoms with Crippen molar-refractivity contribution in [2.45, 2.75) is 69.5 Å². The maximum absolute atomic E-state index is 14.1.